The first kappa shape index (κ1) is 5.09. The number of aromatic nitrogens is 2. The maximum absolute atomic E-state index is 10.4. The standard InChI is InChI=1S/C4H3BN2O/c5-3-1-2-6-7-4(3)8/h1-2H,(H,7,8). The van der Waals surface area contributed by atoms with E-state index in [1.807, 2.05) is 0 Å². The summed E-state index contributed by atoms with van der Waals surface area (Å²) in [7, 11) is 5.14. The Hall–Kier alpha value is -1.06. The first-order valence-corrected chi connectivity index (χ1v) is 2.10. The molecule has 0 atom stereocenters. The Bertz CT molecular complexity index is 231. The fourth-order valence-electron chi connectivity index (χ4n) is 0.354. The summed E-state index contributed by atoms with van der Waals surface area (Å²) in [4.78, 5) is 10.4. The average Bonchev–Trinajstić information content (AvgIpc) is 1.77. The molecule has 1 heterocycles. The van der Waals surface area contributed by atoms with Crippen LogP contribution in [-0.4, -0.2) is 18.0 Å². The number of nitrogens with zero attached hydrogens (tertiary/aromatic N) is 1. The smallest absolute Gasteiger partial charge is 0.256 e. The topological polar surface area (TPSA) is 45.8 Å². The second-order valence-electron chi connectivity index (χ2n) is 1.34. The van der Waals surface area contributed by atoms with Crippen LogP contribution in [0.15, 0.2) is 17.1 Å². The third kappa shape index (κ3) is 0.778. The Morgan fingerprint density at radius 2 is 2.50 bits per heavy atom. The van der Waals surface area contributed by atoms with Gasteiger partial charge in [-0.2, -0.15) is 5.10 Å². The van der Waals surface area contributed by atoms with E-state index < -0.39 is 0 Å². The molecule has 0 aromatic carbocycles. The third-order valence-electron chi connectivity index (χ3n) is 0.757. The highest BCUT2D eigenvalue weighted by atomic mass is 16.1. The maximum atomic E-state index is 10.4. The fraction of sp³-hybridized carbons (Fsp3) is 0. The molecule has 0 aliphatic rings. The number of hydrogen-bond acceptors (Lipinski definition) is 2. The van der Waals surface area contributed by atoms with E-state index in [1.165, 1.54) is 12.3 Å². The first-order valence-electron chi connectivity index (χ1n) is 2.10. The molecule has 0 spiro atoms. The highest BCUT2D eigenvalue weighted by Gasteiger charge is 1.84. The molecule has 0 saturated heterocycles. The van der Waals surface area contributed by atoms with Gasteiger partial charge in [0.1, 0.15) is 7.85 Å². The van der Waals surface area contributed by atoms with Crippen molar-refractivity contribution in [2.75, 3.05) is 0 Å². The van der Waals surface area contributed by atoms with Gasteiger partial charge in [0.15, 0.2) is 0 Å². The summed E-state index contributed by atoms with van der Waals surface area (Å²) in [6.45, 7) is 0. The molecule has 0 aliphatic heterocycles. The van der Waals surface area contributed by atoms with Crippen LogP contribution in [0.25, 0.3) is 0 Å². The van der Waals surface area contributed by atoms with Crippen LogP contribution in [-0.2, 0) is 0 Å². The lowest BCUT2D eigenvalue weighted by molar-refractivity contribution is 0.999. The number of nitrogens with one attached hydrogen (secondary N) is 1. The quantitative estimate of drug-likeness (QED) is 0.412. The van der Waals surface area contributed by atoms with Gasteiger partial charge in [-0.1, -0.05) is 0 Å². The predicted molar refractivity (Wildman–Crippen MR) is 30.2 cm³/mol. The molecule has 0 unspecified atom stereocenters. The van der Waals surface area contributed by atoms with E-state index in [1.54, 1.807) is 0 Å². The second-order valence-corrected chi connectivity index (χ2v) is 1.34. The molecule has 1 rings (SSSR count). The van der Waals surface area contributed by atoms with Crippen LogP contribution in [0.5, 0.6) is 0 Å². The minimum absolute atomic E-state index is 0.194. The van der Waals surface area contributed by atoms with E-state index in [9.17, 15) is 4.79 Å². The average molecular weight is 106 g/mol. The van der Waals surface area contributed by atoms with Gasteiger partial charge in [-0.3, -0.25) is 4.79 Å². The summed E-state index contributed by atoms with van der Waals surface area (Å²) in [5, 5.41) is 5.60. The van der Waals surface area contributed by atoms with E-state index in [2.05, 4.69) is 10.2 Å². The molecule has 0 bridgehead atoms. The molecule has 2 radical (unpaired) electrons. The van der Waals surface area contributed by atoms with E-state index >= 15 is 0 Å². The molecule has 3 nitrogen and oxygen atoms in total. The lowest BCUT2D eigenvalue weighted by Crippen LogP contribution is -2.27. The Labute approximate surface area is 47.2 Å². The molecule has 0 fully saturated rings. The zero-order valence-electron chi connectivity index (χ0n) is 4.09. The van der Waals surface area contributed by atoms with Gasteiger partial charge in [-0.25, -0.2) is 5.10 Å². The molecule has 8 heavy (non-hydrogen) atoms. The SMILES string of the molecule is [B]c1ccn[nH]c1=O. The lowest BCUT2D eigenvalue weighted by Gasteiger charge is -1.83. The van der Waals surface area contributed by atoms with Crippen LogP contribution in [0, 0.1) is 0 Å². The highest BCUT2D eigenvalue weighted by Crippen LogP contribution is 1.57. The molecule has 4 heteroatoms. The van der Waals surface area contributed by atoms with E-state index in [-0.39, 0.29) is 11.0 Å². The van der Waals surface area contributed by atoms with Crippen LogP contribution in [0.2, 0.25) is 0 Å². The Morgan fingerprint density at radius 1 is 1.75 bits per heavy atom. The maximum Gasteiger partial charge on any atom is 0.256 e. The Kier molecular flexibility index (Phi) is 1.16. The molecule has 0 amide bonds. The van der Waals surface area contributed by atoms with Gasteiger partial charge < -0.3 is 0 Å². The van der Waals surface area contributed by atoms with Gasteiger partial charge in [0.05, 0.1) is 0 Å². The number of H-pyrrole nitrogens is 1. The largest absolute Gasteiger partial charge is 0.269 e. The van der Waals surface area contributed by atoms with Gasteiger partial charge in [-0.15, -0.1) is 0 Å². The van der Waals surface area contributed by atoms with Crippen LogP contribution in [0.1, 0.15) is 0 Å². The van der Waals surface area contributed by atoms with Crippen LogP contribution in [0.4, 0.5) is 0 Å². The van der Waals surface area contributed by atoms with Crippen LogP contribution < -0.4 is 11.0 Å². The van der Waals surface area contributed by atoms with Gasteiger partial charge in [0, 0.05) is 6.20 Å². The van der Waals surface area contributed by atoms with Gasteiger partial charge >= 0.3 is 0 Å². The van der Waals surface area contributed by atoms with Gasteiger partial charge in [0.2, 0.25) is 0 Å². The number of aromatic amines is 1. The monoisotopic (exact) mass is 106 g/mol. The summed E-state index contributed by atoms with van der Waals surface area (Å²) in [5.41, 5.74) is -0.146. The van der Waals surface area contributed by atoms with Gasteiger partial charge in [-0.05, 0) is 11.5 Å². The number of rotatable bonds is 0. The van der Waals surface area contributed by atoms with Crippen molar-refractivity contribution in [2.45, 2.75) is 0 Å². The molecular formula is C4H3BN2O. The molecular weight excluding hydrogens is 103 g/mol. The third-order valence-corrected chi connectivity index (χ3v) is 0.757. The molecule has 0 aliphatic carbocycles. The summed E-state index contributed by atoms with van der Waals surface area (Å²) >= 11 is 0. The zero-order valence-corrected chi connectivity index (χ0v) is 4.09. The lowest BCUT2D eigenvalue weighted by atomic mass is 10.00. The van der Waals surface area contributed by atoms with Crippen molar-refractivity contribution in [1.29, 1.82) is 0 Å². The Morgan fingerprint density at radius 3 is 2.88 bits per heavy atom. The molecule has 1 aromatic rings. The number of hydrogen-bond donors (Lipinski definition) is 1. The normalized spacial score (nSPS) is 9.00. The Balaban J connectivity index is 3.35. The van der Waals surface area contributed by atoms with Crippen molar-refractivity contribution in [2.24, 2.45) is 0 Å². The zero-order chi connectivity index (χ0) is 5.98. The van der Waals surface area contributed by atoms with Crippen molar-refractivity contribution in [1.82, 2.24) is 10.2 Å². The fourth-order valence-corrected chi connectivity index (χ4v) is 0.354. The van der Waals surface area contributed by atoms with Crippen molar-refractivity contribution in [3.05, 3.63) is 22.6 Å². The minimum Gasteiger partial charge on any atom is -0.269 e. The molecule has 0 saturated carbocycles. The van der Waals surface area contributed by atoms with Crippen molar-refractivity contribution < 1.29 is 0 Å². The van der Waals surface area contributed by atoms with Crippen LogP contribution in [0.3, 0.4) is 0 Å². The van der Waals surface area contributed by atoms with Crippen molar-refractivity contribution in [3.8, 4) is 0 Å². The van der Waals surface area contributed by atoms with Gasteiger partial charge in [0.25, 0.3) is 5.56 Å². The van der Waals surface area contributed by atoms with E-state index in [4.69, 9.17) is 7.85 Å². The van der Waals surface area contributed by atoms with Crippen LogP contribution >= 0.6 is 0 Å². The summed E-state index contributed by atoms with van der Waals surface area (Å²) < 4.78 is 0. The molecule has 38 valence electrons. The molecule has 1 N–H and O–H groups in total. The van der Waals surface area contributed by atoms with E-state index in [0.717, 1.165) is 0 Å². The predicted octanol–water partition coefficient (Wildman–Crippen LogP) is -1.44. The summed E-state index contributed by atoms with van der Waals surface area (Å²) in [6.07, 6.45) is 1.43. The first-order chi connectivity index (χ1) is 3.80. The molecule has 1 aromatic heterocycles. The second kappa shape index (κ2) is 1.82. The summed E-state index contributed by atoms with van der Waals surface area (Å²) in [5.74, 6) is 0. The summed E-state index contributed by atoms with van der Waals surface area (Å²) in [6, 6.07) is 1.44. The minimum atomic E-state index is -0.340. The highest BCUT2D eigenvalue weighted by molar-refractivity contribution is 6.31. The van der Waals surface area contributed by atoms with E-state index in [0.29, 0.717) is 0 Å². The van der Waals surface area contributed by atoms with Crippen molar-refractivity contribution >= 4 is 13.3 Å². The van der Waals surface area contributed by atoms with Crippen molar-refractivity contribution in [3.63, 3.8) is 0 Å².